The first-order chi connectivity index (χ1) is 21.4. The van der Waals surface area contributed by atoms with E-state index in [2.05, 4.69) is 46.8 Å². The molecule has 2 aromatic heterocycles. The third kappa shape index (κ3) is 6.10. The second-order valence-electron chi connectivity index (χ2n) is 11.5. The maximum absolute atomic E-state index is 13.1. The summed E-state index contributed by atoms with van der Waals surface area (Å²) in [6.07, 6.45) is 1.65. The third-order valence-corrected chi connectivity index (χ3v) is 8.24. The van der Waals surface area contributed by atoms with Gasteiger partial charge >= 0.3 is 0 Å². The number of hydrogen-bond donors (Lipinski definition) is 2. The monoisotopic (exact) mass is 583 g/mol. The summed E-state index contributed by atoms with van der Waals surface area (Å²) in [5, 5.41) is 10.2. The fraction of sp³-hybridized carbons (Fsp3) is 0.243. The molecule has 0 atom stereocenters. The van der Waals surface area contributed by atoms with Crippen LogP contribution in [0, 0.1) is 13.8 Å². The summed E-state index contributed by atoms with van der Waals surface area (Å²) >= 11 is 0. The van der Waals surface area contributed by atoms with E-state index in [0.717, 1.165) is 80.7 Å². The molecule has 2 N–H and O–H groups in total. The Morgan fingerprint density at radius 1 is 0.591 bits per heavy atom. The van der Waals surface area contributed by atoms with Crippen molar-refractivity contribution < 1.29 is 9.59 Å². The number of benzene rings is 4. The lowest BCUT2D eigenvalue weighted by atomic mass is 10.0. The summed E-state index contributed by atoms with van der Waals surface area (Å²) in [6.45, 7) is 6.91. The highest BCUT2D eigenvalue weighted by atomic mass is 16.2. The molecule has 0 saturated heterocycles. The van der Waals surface area contributed by atoms with Crippen LogP contribution in [0.25, 0.3) is 43.6 Å². The van der Waals surface area contributed by atoms with E-state index in [1.165, 1.54) is 0 Å². The number of nitrogens with one attached hydrogen (secondary N) is 2. The molecule has 0 fully saturated rings. The van der Waals surface area contributed by atoms with Gasteiger partial charge in [0.15, 0.2) is 0 Å². The summed E-state index contributed by atoms with van der Waals surface area (Å²) in [7, 11) is 2.06. The number of hydrogen-bond acceptors (Lipinski definition) is 5. The first kappa shape index (κ1) is 29.2. The molecule has 2 heterocycles. The van der Waals surface area contributed by atoms with Crippen molar-refractivity contribution >= 4 is 55.4 Å². The zero-order valence-electron chi connectivity index (χ0n) is 25.5. The number of rotatable bonds is 10. The van der Waals surface area contributed by atoms with Crippen LogP contribution in [0.15, 0.2) is 84.9 Å². The maximum atomic E-state index is 13.1. The van der Waals surface area contributed by atoms with E-state index in [1.807, 2.05) is 74.5 Å². The quantitative estimate of drug-likeness (QED) is 0.141. The van der Waals surface area contributed by atoms with E-state index < -0.39 is 0 Å². The van der Waals surface area contributed by atoms with Gasteiger partial charge < -0.3 is 15.5 Å². The largest absolute Gasteiger partial charge is 0.352 e. The average Bonchev–Trinajstić information content (AvgIpc) is 3.03. The standard InChI is InChI=1S/C37H37N5O2/c1-24-10-4-12-26-22-28-14-6-16-30(34(28)40-32(24)26)36(43)38-18-8-20-42(3)21-9-19-39-37(44)31-17-7-15-29-23-27-13-5-11-25(2)33(27)41-35(29)31/h4-7,10-17,22-23H,8-9,18-21H2,1-3H3,(H,38,43)(H,39,44). The summed E-state index contributed by atoms with van der Waals surface area (Å²) in [5.41, 5.74) is 6.70. The molecule has 0 aliphatic heterocycles. The minimum absolute atomic E-state index is 0.104. The third-order valence-electron chi connectivity index (χ3n) is 8.24. The first-order valence-corrected chi connectivity index (χ1v) is 15.2. The van der Waals surface area contributed by atoms with Gasteiger partial charge in [0.1, 0.15) is 0 Å². The van der Waals surface area contributed by atoms with Gasteiger partial charge in [-0.25, -0.2) is 9.97 Å². The van der Waals surface area contributed by atoms with Crippen LogP contribution in [0.1, 0.15) is 44.7 Å². The number of fused-ring (bicyclic) bond motifs is 4. The Labute approximate surface area is 257 Å². The predicted molar refractivity (Wildman–Crippen MR) is 179 cm³/mol. The van der Waals surface area contributed by atoms with Gasteiger partial charge in [-0.15, -0.1) is 0 Å². The molecule has 4 aromatic carbocycles. The molecule has 7 heteroatoms. The Morgan fingerprint density at radius 2 is 0.977 bits per heavy atom. The van der Waals surface area contributed by atoms with Crippen LogP contribution in [0.3, 0.4) is 0 Å². The fourth-order valence-corrected chi connectivity index (χ4v) is 5.84. The van der Waals surface area contributed by atoms with Crippen LogP contribution in [-0.2, 0) is 0 Å². The van der Waals surface area contributed by atoms with Gasteiger partial charge in [-0.05, 0) is 82.2 Å². The second-order valence-corrected chi connectivity index (χ2v) is 11.5. The van der Waals surface area contributed by atoms with Crippen molar-refractivity contribution in [3.05, 3.63) is 107 Å². The zero-order chi connectivity index (χ0) is 30.6. The maximum Gasteiger partial charge on any atom is 0.253 e. The normalized spacial score (nSPS) is 11.5. The molecule has 0 aliphatic carbocycles. The van der Waals surface area contributed by atoms with E-state index in [9.17, 15) is 9.59 Å². The van der Waals surface area contributed by atoms with Crippen molar-refractivity contribution in [3.63, 3.8) is 0 Å². The van der Waals surface area contributed by atoms with Crippen LogP contribution in [0.4, 0.5) is 0 Å². The Morgan fingerprint density at radius 3 is 1.41 bits per heavy atom. The molecule has 7 nitrogen and oxygen atoms in total. The summed E-state index contributed by atoms with van der Waals surface area (Å²) in [4.78, 5) is 38.1. The van der Waals surface area contributed by atoms with Gasteiger partial charge in [-0.1, -0.05) is 60.7 Å². The lowest BCUT2D eigenvalue weighted by Gasteiger charge is -2.17. The molecular formula is C37H37N5O2. The molecule has 0 radical (unpaired) electrons. The molecule has 6 rings (SSSR count). The van der Waals surface area contributed by atoms with Crippen molar-refractivity contribution in [2.45, 2.75) is 26.7 Å². The number of nitrogens with zero attached hydrogens (tertiary/aromatic N) is 3. The smallest absolute Gasteiger partial charge is 0.253 e. The van der Waals surface area contributed by atoms with E-state index in [-0.39, 0.29) is 11.8 Å². The Bertz CT molecular complexity index is 1870. The Kier molecular flexibility index (Phi) is 8.48. The van der Waals surface area contributed by atoms with Gasteiger partial charge in [0.2, 0.25) is 0 Å². The van der Waals surface area contributed by atoms with Crippen molar-refractivity contribution in [2.75, 3.05) is 33.2 Å². The van der Waals surface area contributed by atoms with Gasteiger partial charge in [-0.3, -0.25) is 9.59 Å². The van der Waals surface area contributed by atoms with Crippen molar-refractivity contribution in [1.29, 1.82) is 0 Å². The fourth-order valence-electron chi connectivity index (χ4n) is 5.84. The lowest BCUT2D eigenvalue weighted by Crippen LogP contribution is -2.31. The Hall–Kier alpha value is -4.88. The Balaban J connectivity index is 0.971. The molecule has 6 aromatic rings. The van der Waals surface area contributed by atoms with E-state index in [1.54, 1.807) is 0 Å². The number of aryl methyl sites for hydroxylation is 2. The number of pyridine rings is 2. The molecule has 0 spiro atoms. The number of amides is 2. The van der Waals surface area contributed by atoms with Gasteiger partial charge in [0.05, 0.1) is 33.2 Å². The molecule has 0 saturated carbocycles. The molecular weight excluding hydrogens is 546 g/mol. The molecule has 0 aliphatic rings. The van der Waals surface area contributed by atoms with E-state index in [4.69, 9.17) is 9.97 Å². The van der Waals surface area contributed by atoms with Crippen molar-refractivity contribution in [2.24, 2.45) is 0 Å². The molecule has 0 unspecified atom stereocenters. The summed E-state index contributed by atoms with van der Waals surface area (Å²) in [6, 6.07) is 27.9. The number of carbonyl (C=O) groups is 2. The van der Waals surface area contributed by atoms with Gasteiger partial charge in [0, 0.05) is 34.6 Å². The highest BCUT2D eigenvalue weighted by Gasteiger charge is 2.14. The molecule has 2 amide bonds. The summed E-state index contributed by atoms with van der Waals surface area (Å²) in [5.74, 6) is -0.208. The van der Waals surface area contributed by atoms with Crippen LogP contribution in [-0.4, -0.2) is 59.9 Å². The molecule has 44 heavy (non-hydrogen) atoms. The van der Waals surface area contributed by atoms with E-state index >= 15 is 0 Å². The highest BCUT2D eigenvalue weighted by molar-refractivity contribution is 6.09. The van der Waals surface area contributed by atoms with Crippen LogP contribution in [0.2, 0.25) is 0 Å². The lowest BCUT2D eigenvalue weighted by molar-refractivity contribution is 0.0947. The van der Waals surface area contributed by atoms with Crippen molar-refractivity contribution in [3.8, 4) is 0 Å². The topological polar surface area (TPSA) is 87.2 Å². The number of aromatic nitrogens is 2. The minimum atomic E-state index is -0.104. The van der Waals surface area contributed by atoms with Gasteiger partial charge in [0.25, 0.3) is 11.8 Å². The minimum Gasteiger partial charge on any atom is -0.352 e. The van der Waals surface area contributed by atoms with Crippen LogP contribution in [0.5, 0.6) is 0 Å². The number of carbonyl (C=O) groups excluding carboxylic acids is 2. The molecule has 222 valence electrons. The van der Waals surface area contributed by atoms with E-state index in [0.29, 0.717) is 24.2 Å². The zero-order valence-corrected chi connectivity index (χ0v) is 25.5. The predicted octanol–water partition coefficient (Wildman–Crippen LogP) is 6.58. The summed E-state index contributed by atoms with van der Waals surface area (Å²) < 4.78 is 0. The SMILES string of the molecule is Cc1cccc2cc3cccc(C(=O)NCCCN(C)CCCNC(=O)c4cccc5cc6cccc(C)c6nc45)c3nc12. The van der Waals surface area contributed by atoms with Crippen molar-refractivity contribution in [1.82, 2.24) is 25.5 Å². The first-order valence-electron chi connectivity index (χ1n) is 15.2. The average molecular weight is 584 g/mol. The second kappa shape index (κ2) is 12.8. The number of para-hydroxylation sites is 4. The van der Waals surface area contributed by atoms with Crippen LogP contribution >= 0.6 is 0 Å². The highest BCUT2D eigenvalue weighted by Crippen LogP contribution is 2.25. The molecule has 0 bridgehead atoms. The van der Waals surface area contributed by atoms with Gasteiger partial charge in [-0.2, -0.15) is 0 Å². The van der Waals surface area contributed by atoms with Crippen LogP contribution < -0.4 is 10.6 Å².